The Balaban J connectivity index is 2.39. The first kappa shape index (κ1) is 14.6. The van der Waals surface area contributed by atoms with Crippen LogP contribution in [0.2, 0.25) is 10.0 Å². The second-order valence-electron chi connectivity index (χ2n) is 4.41. The molecule has 8 heteroatoms. The van der Waals surface area contributed by atoms with E-state index in [1.54, 1.807) is 0 Å². The Morgan fingerprint density at radius 2 is 1.95 bits per heavy atom. The molecule has 0 aliphatic heterocycles. The third-order valence-electron chi connectivity index (χ3n) is 3.00. The van der Waals surface area contributed by atoms with Gasteiger partial charge in [-0.2, -0.15) is 0 Å². The first-order valence-corrected chi connectivity index (χ1v) is 7.92. The van der Waals surface area contributed by atoms with E-state index >= 15 is 0 Å². The quantitative estimate of drug-likeness (QED) is 0.890. The maximum absolute atomic E-state index is 12.0. The fraction of sp³-hybridized carbons (Fsp3) is 0.364. The molecule has 1 aromatic rings. The number of carbonyl (C=O) groups is 1. The molecule has 0 heterocycles. The molecule has 1 fully saturated rings. The highest BCUT2D eigenvalue weighted by atomic mass is 35.5. The van der Waals surface area contributed by atoms with Gasteiger partial charge in [0.15, 0.2) is 0 Å². The van der Waals surface area contributed by atoms with Crippen LogP contribution in [0, 0.1) is 0 Å². The third-order valence-corrected chi connectivity index (χ3v) is 4.67. The van der Waals surface area contributed by atoms with Crippen LogP contribution in [0.25, 0.3) is 0 Å². The van der Waals surface area contributed by atoms with E-state index in [9.17, 15) is 13.2 Å². The minimum Gasteiger partial charge on any atom is -0.349 e. The number of hydrogen-bond donors (Lipinski definition) is 2. The lowest BCUT2D eigenvalue weighted by Gasteiger charge is -2.26. The first-order valence-electron chi connectivity index (χ1n) is 5.62. The number of sulfonamides is 1. The molecule has 104 valence electrons. The number of amides is 1. The highest BCUT2D eigenvalue weighted by Crippen LogP contribution is 2.29. The van der Waals surface area contributed by atoms with E-state index < -0.39 is 15.9 Å². The van der Waals surface area contributed by atoms with Gasteiger partial charge in [0, 0.05) is 11.1 Å². The monoisotopic (exact) mass is 322 g/mol. The number of nitrogens with one attached hydrogen (secondary N) is 1. The fourth-order valence-electron chi connectivity index (χ4n) is 1.75. The van der Waals surface area contributed by atoms with E-state index in [-0.39, 0.29) is 26.5 Å². The average Bonchev–Trinajstić information content (AvgIpc) is 2.24. The molecule has 1 aliphatic rings. The zero-order valence-corrected chi connectivity index (χ0v) is 12.1. The van der Waals surface area contributed by atoms with E-state index in [2.05, 4.69) is 5.32 Å². The fourth-order valence-corrected chi connectivity index (χ4v) is 3.20. The summed E-state index contributed by atoms with van der Waals surface area (Å²) in [5, 5.41) is 7.68. The van der Waals surface area contributed by atoms with Crippen molar-refractivity contribution in [3.63, 3.8) is 0 Å². The standard InChI is InChI=1S/C11H12Cl2N2O3S/c12-6-4-8(11(16)15-7-2-1-3-7)10(13)9(5-6)19(14,17)18/h4-5,7H,1-3H2,(H,15,16)(H2,14,17,18). The van der Waals surface area contributed by atoms with Gasteiger partial charge in [0.25, 0.3) is 5.91 Å². The average molecular weight is 323 g/mol. The molecule has 0 saturated heterocycles. The van der Waals surface area contributed by atoms with Gasteiger partial charge in [-0.15, -0.1) is 0 Å². The van der Waals surface area contributed by atoms with Gasteiger partial charge in [-0.05, 0) is 31.4 Å². The number of hydrogen-bond acceptors (Lipinski definition) is 3. The van der Waals surface area contributed by atoms with Gasteiger partial charge in [0.2, 0.25) is 10.0 Å². The summed E-state index contributed by atoms with van der Waals surface area (Å²) in [5.41, 5.74) is 0.0186. The summed E-state index contributed by atoms with van der Waals surface area (Å²) in [5.74, 6) is -0.442. The lowest BCUT2D eigenvalue weighted by atomic mass is 9.93. The molecule has 0 unspecified atom stereocenters. The molecular weight excluding hydrogens is 311 g/mol. The number of halogens is 2. The second-order valence-corrected chi connectivity index (χ2v) is 6.76. The van der Waals surface area contributed by atoms with Crippen LogP contribution in [0.3, 0.4) is 0 Å². The Bertz CT molecular complexity index is 627. The lowest BCUT2D eigenvalue weighted by molar-refractivity contribution is 0.0917. The van der Waals surface area contributed by atoms with E-state index in [1.165, 1.54) is 6.07 Å². The van der Waals surface area contributed by atoms with Crippen molar-refractivity contribution in [2.24, 2.45) is 5.14 Å². The van der Waals surface area contributed by atoms with Crippen LogP contribution in [0.15, 0.2) is 17.0 Å². The second kappa shape index (κ2) is 5.28. The Morgan fingerprint density at radius 3 is 2.42 bits per heavy atom. The van der Waals surface area contributed by atoms with Crippen LogP contribution in [-0.2, 0) is 10.0 Å². The van der Waals surface area contributed by atoms with E-state index in [0.29, 0.717) is 0 Å². The molecule has 1 aliphatic carbocycles. The van der Waals surface area contributed by atoms with Gasteiger partial charge in [-0.25, -0.2) is 13.6 Å². The van der Waals surface area contributed by atoms with E-state index in [4.69, 9.17) is 28.3 Å². The summed E-state index contributed by atoms with van der Waals surface area (Å²) in [6.07, 6.45) is 2.88. The van der Waals surface area contributed by atoms with Gasteiger partial charge in [0.05, 0.1) is 10.6 Å². The first-order chi connectivity index (χ1) is 8.79. The summed E-state index contributed by atoms with van der Waals surface area (Å²) < 4.78 is 22.7. The van der Waals surface area contributed by atoms with Crippen molar-refractivity contribution >= 4 is 39.1 Å². The molecule has 2 rings (SSSR count). The van der Waals surface area contributed by atoms with Crippen molar-refractivity contribution < 1.29 is 13.2 Å². The van der Waals surface area contributed by atoms with Gasteiger partial charge >= 0.3 is 0 Å². The number of carbonyl (C=O) groups excluding carboxylic acids is 1. The van der Waals surface area contributed by atoms with Gasteiger partial charge in [-0.1, -0.05) is 23.2 Å². The molecule has 5 nitrogen and oxygen atoms in total. The maximum atomic E-state index is 12.0. The summed E-state index contributed by atoms with van der Waals surface area (Å²) in [6.45, 7) is 0. The molecule has 0 aromatic heterocycles. The van der Waals surface area contributed by atoms with Gasteiger partial charge in [-0.3, -0.25) is 4.79 Å². The smallest absolute Gasteiger partial charge is 0.253 e. The molecular formula is C11H12Cl2N2O3S. The molecule has 3 N–H and O–H groups in total. The van der Waals surface area contributed by atoms with Crippen molar-refractivity contribution in [3.05, 3.63) is 27.7 Å². The van der Waals surface area contributed by atoms with E-state index in [1.807, 2.05) is 0 Å². The van der Waals surface area contributed by atoms with Gasteiger partial charge in [0.1, 0.15) is 4.90 Å². The van der Waals surface area contributed by atoms with Crippen molar-refractivity contribution in [3.8, 4) is 0 Å². The SMILES string of the molecule is NS(=O)(=O)c1cc(Cl)cc(C(=O)NC2CCC2)c1Cl. The van der Waals surface area contributed by atoms with E-state index in [0.717, 1.165) is 25.3 Å². The summed E-state index contributed by atoms with van der Waals surface area (Å²) >= 11 is 11.7. The lowest BCUT2D eigenvalue weighted by Crippen LogP contribution is -2.39. The molecule has 1 aromatic carbocycles. The van der Waals surface area contributed by atoms with Crippen LogP contribution in [-0.4, -0.2) is 20.4 Å². The Labute approximate surface area is 121 Å². The Hall–Kier alpha value is -0.820. The Kier molecular flexibility index (Phi) is 4.06. The number of nitrogens with two attached hydrogens (primary N) is 1. The van der Waals surface area contributed by atoms with Crippen LogP contribution in [0.4, 0.5) is 0 Å². The molecule has 19 heavy (non-hydrogen) atoms. The number of primary sulfonamides is 1. The highest BCUT2D eigenvalue weighted by molar-refractivity contribution is 7.89. The third kappa shape index (κ3) is 3.20. The zero-order chi connectivity index (χ0) is 14.2. The van der Waals surface area contributed by atoms with Gasteiger partial charge < -0.3 is 5.32 Å². The summed E-state index contributed by atoms with van der Waals surface area (Å²) in [7, 11) is -4.03. The molecule has 0 spiro atoms. The largest absolute Gasteiger partial charge is 0.349 e. The number of benzene rings is 1. The van der Waals surface area contributed by atoms with Crippen molar-refractivity contribution in [1.29, 1.82) is 0 Å². The van der Waals surface area contributed by atoms with Crippen LogP contribution in [0.5, 0.6) is 0 Å². The van der Waals surface area contributed by atoms with Crippen molar-refractivity contribution in [1.82, 2.24) is 5.32 Å². The molecule has 0 radical (unpaired) electrons. The minimum absolute atomic E-state index is 0.0186. The molecule has 1 amide bonds. The minimum atomic E-state index is -4.03. The molecule has 0 atom stereocenters. The molecule has 1 saturated carbocycles. The van der Waals surface area contributed by atoms with Crippen LogP contribution >= 0.6 is 23.2 Å². The van der Waals surface area contributed by atoms with Crippen molar-refractivity contribution in [2.75, 3.05) is 0 Å². The predicted molar refractivity (Wildman–Crippen MR) is 72.9 cm³/mol. The summed E-state index contributed by atoms with van der Waals surface area (Å²) in [4.78, 5) is 11.7. The van der Waals surface area contributed by atoms with Crippen molar-refractivity contribution in [2.45, 2.75) is 30.2 Å². The highest BCUT2D eigenvalue weighted by Gasteiger charge is 2.24. The zero-order valence-electron chi connectivity index (χ0n) is 9.82. The maximum Gasteiger partial charge on any atom is 0.253 e. The Morgan fingerprint density at radius 1 is 1.32 bits per heavy atom. The normalized spacial score (nSPS) is 15.9. The topological polar surface area (TPSA) is 89.3 Å². The summed E-state index contributed by atoms with van der Waals surface area (Å²) in [6, 6.07) is 2.56. The van der Waals surface area contributed by atoms with Crippen LogP contribution < -0.4 is 10.5 Å². The predicted octanol–water partition coefficient (Wildman–Crippen LogP) is 1.92. The van der Waals surface area contributed by atoms with Crippen LogP contribution in [0.1, 0.15) is 29.6 Å². The number of rotatable bonds is 3. The molecule has 0 bridgehead atoms.